The first-order valence-corrected chi connectivity index (χ1v) is 11.0. The van der Waals surface area contributed by atoms with Gasteiger partial charge in [-0.2, -0.15) is 0 Å². The maximum absolute atomic E-state index is 12.4. The van der Waals surface area contributed by atoms with E-state index in [9.17, 15) is 14.4 Å². The van der Waals surface area contributed by atoms with Crippen molar-refractivity contribution in [2.75, 3.05) is 17.7 Å². The minimum atomic E-state index is -0.642. The van der Waals surface area contributed by atoms with Crippen LogP contribution in [0.5, 0.6) is 0 Å². The largest absolute Gasteiger partial charge is 0.453 e. The van der Waals surface area contributed by atoms with Crippen LogP contribution in [0.1, 0.15) is 45.3 Å². The first-order valence-electron chi connectivity index (χ1n) is 11.0. The second kappa shape index (κ2) is 12.4. The molecule has 0 aliphatic carbocycles. The predicted octanol–water partition coefficient (Wildman–Crippen LogP) is 5.58. The summed E-state index contributed by atoms with van der Waals surface area (Å²) in [6, 6.07) is 8.22. The number of pyridine rings is 1. The van der Waals surface area contributed by atoms with Crippen molar-refractivity contribution in [2.24, 2.45) is 0 Å². The Hall–Kier alpha value is -4.14. The number of carbonyl (C=O) groups excluding carboxylic acids is 3. The topological polar surface area (TPSA) is 119 Å². The zero-order valence-corrected chi connectivity index (χ0v) is 20.5. The van der Waals surface area contributed by atoms with Crippen molar-refractivity contribution >= 4 is 29.5 Å². The lowest BCUT2D eigenvalue weighted by Gasteiger charge is -2.23. The molecule has 0 fully saturated rings. The highest BCUT2D eigenvalue weighted by atomic mass is 16.6. The molecule has 0 bridgehead atoms. The van der Waals surface area contributed by atoms with Gasteiger partial charge in [-0.15, -0.1) is 13.2 Å². The van der Waals surface area contributed by atoms with E-state index in [0.717, 1.165) is 5.56 Å². The van der Waals surface area contributed by atoms with Gasteiger partial charge < -0.3 is 20.1 Å². The van der Waals surface area contributed by atoms with Gasteiger partial charge in [0.15, 0.2) is 0 Å². The Labute approximate surface area is 205 Å². The Kier molecular flexibility index (Phi) is 9.57. The fourth-order valence-corrected chi connectivity index (χ4v) is 3.15. The number of alkyl carbamates (subject to hydrolysis) is 1. The zero-order valence-electron chi connectivity index (χ0n) is 20.5. The van der Waals surface area contributed by atoms with Crippen molar-refractivity contribution in [2.45, 2.75) is 45.3 Å². The number of anilines is 2. The third-order valence-electron chi connectivity index (χ3n) is 4.60. The number of nitrogens with zero attached hydrogens (tertiary/aromatic N) is 1. The lowest BCUT2D eigenvalue weighted by atomic mass is 10.0. The van der Waals surface area contributed by atoms with Crippen LogP contribution in [-0.2, 0) is 14.3 Å². The number of amides is 3. The van der Waals surface area contributed by atoms with E-state index in [1.807, 2.05) is 6.07 Å². The Morgan fingerprint density at radius 3 is 2.43 bits per heavy atom. The minimum Gasteiger partial charge on any atom is -0.453 e. The summed E-state index contributed by atoms with van der Waals surface area (Å²) < 4.78 is 10.0. The van der Waals surface area contributed by atoms with Gasteiger partial charge in [-0.25, -0.2) is 9.59 Å². The van der Waals surface area contributed by atoms with Crippen LogP contribution in [0.4, 0.5) is 21.0 Å². The molecule has 3 amide bonds. The van der Waals surface area contributed by atoms with Gasteiger partial charge in [-0.1, -0.05) is 18.2 Å². The number of rotatable bonds is 9. The number of benzene rings is 1. The molecule has 3 N–H and O–H groups in total. The lowest BCUT2D eigenvalue weighted by Crippen LogP contribution is -2.35. The van der Waals surface area contributed by atoms with Crippen LogP contribution in [0.3, 0.4) is 0 Å². The SMILES string of the molecule is C=CCC(=O)Nc1cc(NC(=O)OC)ccc1-c1ccnc([C@H](CC=C)NC(=O)OC(C)(C)C)c1. The third-order valence-corrected chi connectivity index (χ3v) is 4.60. The molecule has 1 aromatic heterocycles. The lowest BCUT2D eigenvalue weighted by molar-refractivity contribution is -0.115. The molecular weight excluding hydrogens is 448 g/mol. The van der Waals surface area contributed by atoms with E-state index in [1.165, 1.54) is 13.2 Å². The standard InChI is InChI=1S/C26H32N4O5/c1-7-9-20(30-25(33)35-26(3,4)5)22-15-17(13-14-27-22)19-12-11-18(28-24(32)34-6)16-21(19)29-23(31)10-8-2/h7-8,11-16,20H,1-2,9-10H2,3-6H3,(H,28,32)(H,29,31)(H,30,33)/t20-/m0/s1. The highest BCUT2D eigenvalue weighted by molar-refractivity contribution is 5.98. The molecule has 1 atom stereocenters. The van der Waals surface area contributed by atoms with E-state index in [0.29, 0.717) is 29.1 Å². The Balaban J connectivity index is 2.44. The first-order chi connectivity index (χ1) is 16.6. The number of aromatic nitrogens is 1. The van der Waals surface area contributed by atoms with E-state index < -0.39 is 23.8 Å². The monoisotopic (exact) mass is 480 g/mol. The molecule has 9 heteroatoms. The highest BCUT2D eigenvalue weighted by Gasteiger charge is 2.21. The molecule has 0 unspecified atom stereocenters. The van der Waals surface area contributed by atoms with E-state index in [-0.39, 0.29) is 12.3 Å². The number of ether oxygens (including phenoxy) is 2. The smallest absolute Gasteiger partial charge is 0.411 e. The highest BCUT2D eigenvalue weighted by Crippen LogP contribution is 2.32. The summed E-state index contributed by atoms with van der Waals surface area (Å²) in [6.45, 7) is 12.7. The molecule has 0 spiro atoms. The Bertz CT molecular complexity index is 1090. The van der Waals surface area contributed by atoms with Gasteiger partial charge in [0.1, 0.15) is 5.60 Å². The van der Waals surface area contributed by atoms with Crippen molar-refractivity contribution in [3.8, 4) is 11.1 Å². The summed E-state index contributed by atoms with van der Waals surface area (Å²) >= 11 is 0. The van der Waals surface area contributed by atoms with Gasteiger partial charge in [0.05, 0.1) is 24.5 Å². The minimum absolute atomic E-state index is 0.122. The van der Waals surface area contributed by atoms with Crippen molar-refractivity contribution in [1.29, 1.82) is 0 Å². The molecule has 1 aromatic carbocycles. The van der Waals surface area contributed by atoms with E-state index in [1.54, 1.807) is 57.3 Å². The summed E-state index contributed by atoms with van der Waals surface area (Å²) in [5, 5.41) is 8.26. The number of nitrogens with one attached hydrogen (secondary N) is 3. The zero-order chi connectivity index (χ0) is 26.0. The number of hydrogen-bond donors (Lipinski definition) is 3. The van der Waals surface area contributed by atoms with E-state index >= 15 is 0 Å². The summed E-state index contributed by atoms with van der Waals surface area (Å²) in [7, 11) is 1.26. The summed E-state index contributed by atoms with van der Waals surface area (Å²) in [5.41, 5.74) is 2.30. The maximum Gasteiger partial charge on any atom is 0.411 e. The molecule has 2 aromatic rings. The van der Waals surface area contributed by atoms with Crippen molar-refractivity contribution in [3.05, 3.63) is 67.5 Å². The molecule has 0 saturated heterocycles. The van der Waals surface area contributed by atoms with Gasteiger partial charge >= 0.3 is 12.2 Å². The van der Waals surface area contributed by atoms with Crippen LogP contribution < -0.4 is 16.0 Å². The number of carbonyl (C=O) groups is 3. The van der Waals surface area contributed by atoms with Gasteiger partial charge in [0, 0.05) is 23.9 Å². The van der Waals surface area contributed by atoms with Crippen LogP contribution in [0.15, 0.2) is 61.8 Å². The summed E-state index contributed by atoms with van der Waals surface area (Å²) in [5.74, 6) is -0.262. The predicted molar refractivity (Wildman–Crippen MR) is 136 cm³/mol. The van der Waals surface area contributed by atoms with Crippen molar-refractivity contribution < 1.29 is 23.9 Å². The molecule has 9 nitrogen and oxygen atoms in total. The summed E-state index contributed by atoms with van der Waals surface area (Å²) in [6.07, 6.45) is 4.16. The second-order valence-corrected chi connectivity index (χ2v) is 8.61. The molecular formula is C26H32N4O5. The van der Waals surface area contributed by atoms with Crippen LogP contribution in [0.2, 0.25) is 0 Å². The van der Waals surface area contributed by atoms with Crippen molar-refractivity contribution in [1.82, 2.24) is 10.3 Å². The van der Waals surface area contributed by atoms with Crippen LogP contribution in [0, 0.1) is 0 Å². The fourth-order valence-electron chi connectivity index (χ4n) is 3.15. The molecule has 1 heterocycles. The first kappa shape index (κ1) is 27.1. The molecule has 0 aliphatic rings. The number of hydrogen-bond acceptors (Lipinski definition) is 6. The molecule has 0 radical (unpaired) electrons. The van der Waals surface area contributed by atoms with Crippen LogP contribution in [-0.4, -0.2) is 35.8 Å². The van der Waals surface area contributed by atoms with Gasteiger partial charge in [-0.05, 0) is 57.0 Å². The summed E-state index contributed by atoms with van der Waals surface area (Å²) in [4.78, 5) is 40.7. The Morgan fingerprint density at radius 2 is 1.80 bits per heavy atom. The van der Waals surface area contributed by atoms with Crippen molar-refractivity contribution in [3.63, 3.8) is 0 Å². The molecule has 0 saturated carbocycles. The van der Waals surface area contributed by atoms with Crippen LogP contribution in [0.25, 0.3) is 11.1 Å². The normalized spacial score (nSPS) is 11.5. The number of methoxy groups -OCH3 is 1. The quantitative estimate of drug-likeness (QED) is 0.403. The molecule has 2 rings (SSSR count). The van der Waals surface area contributed by atoms with Gasteiger partial charge in [-0.3, -0.25) is 15.1 Å². The van der Waals surface area contributed by atoms with Crippen LogP contribution >= 0.6 is 0 Å². The molecule has 0 aliphatic heterocycles. The van der Waals surface area contributed by atoms with Gasteiger partial charge in [0.25, 0.3) is 0 Å². The Morgan fingerprint density at radius 1 is 1.06 bits per heavy atom. The third kappa shape index (κ3) is 8.62. The molecule has 186 valence electrons. The second-order valence-electron chi connectivity index (χ2n) is 8.61. The van der Waals surface area contributed by atoms with E-state index in [4.69, 9.17) is 4.74 Å². The average molecular weight is 481 g/mol. The maximum atomic E-state index is 12.4. The molecule has 35 heavy (non-hydrogen) atoms. The van der Waals surface area contributed by atoms with E-state index in [2.05, 4.69) is 38.8 Å². The fraction of sp³-hybridized carbons (Fsp3) is 0.308. The average Bonchev–Trinajstić information content (AvgIpc) is 2.78. The van der Waals surface area contributed by atoms with Gasteiger partial charge in [0.2, 0.25) is 5.91 Å².